The first-order chi connectivity index (χ1) is 12.4. The number of ether oxygens (including phenoxy) is 4. The maximum Gasteiger partial charge on any atom is 0.303 e. The number of aromatic nitrogens is 4. The zero-order chi connectivity index (χ0) is 18.8. The molecule has 0 unspecified atom stereocenters. The highest BCUT2D eigenvalue weighted by atomic mass is 32.1. The van der Waals surface area contributed by atoms with Gasteiger partial charge in [-0.2, -0.15) is 0 Å². The first-order valence-corrected chi connectivity index (χ1v) is 8.22. The second-order valence-corrected chi connectivity index (χ2v) is 6.09. The summed E-state index contributed by atoms with van der Waals surface area (Å²) in [7, 11) is 1.47. The van der Waals surface area contributed by atoms with Crippen molar-refractivity contribution in [1.29, 1.82) is 0 Å². The Kier molecular flexibility index (Phi) is 5.30. The Morgan fingerprint density at radius 3 is 2.73 bits per heavy atom. The largest absolute Gasteiger partial charge is 0.463 e. The van der Waals surface area contributed by atoms with Crippen molar-refractivity contribution < 1.29 is 28.5 Å². The van der Waals surface area contributed by atoms with E-state index in [0.29, 0.717) is 15.8 Å². The molecule has 3 rings (SSSR count). The zero-order valence-corrected chi connectivity index (χ0v) is 15.2. The van der Waals surface area contributed by atoms with Crippen LogP contribution in [0.2, 0.25) is 0 Å². The normalized spacial score (nSPS) is 25.3. The highest BCUT2D eigenvalue weighted by molar-refractivity contribution is 7.71. The summed E-state index contributed by atoms with van der Waals surface area (Å²) >= 11 is 5.17. The van der Waals surface area contributed by atoms with Gasteiger partial charge in [0.05, 0.1) is 12.7 Å². The van der Waals surface area contributed by atoms with E-state index in [4.69, 9.17) is 31.2 Å². The molecular weight excluding hydrogens is 364 g/mol. The summed E-state index contributed by atoms with van der Waals surface area (Å²) in [5, 5.41) is 0. The minimum Gasteiger partial charge on any atom is -0.463 e. The van der Waals surface area contributed by atoms with E-state index >= 15 is 0 Å². The molecule has 0 aliphatic carbocycles. The van der Waals surface area contributed by atoms with E-state index < -0.39 is 36.5 Å². The van der Waals surface area contributed by atoms with Crippen molar-refractivity contribution in [1.82, 2.24) is 19.5 Å². The van der Waals surface area contributed by atoms with Gasteiger partial charge in [0.1, 0.15) is 30.0 Å². The number of nitrogens with one attached hydrogen (secondary N) is 1. The lowest BCUT2D eigenvalue weighted by atomic mass is 10.1. The van der Waals surface area contributed by atoms with Gasteiger partial charge in [0, 0.05) is 21.0 Å². The van der Waals surface area contributed by atoms with Crippen LogP contribution < -0.4 is 0 Å². The van der Waals surface area contributed by atoms with Gasteiger partial charge >= 0.3 is 11.9 Å². The van der Waals surface area contributed by atoms with E-state index in [1.165, 1.54) is 33.6 Å². The van der Waals surface area contributed by atoms with Crippen molar-refractivity contribution in [3.63, 3.8) is 0 Å². The third-order valence-corrected chi connectivity index (χ3v) is 4.26. The molecule has 0 amide bonds. The van der Waals surface area contributed by atoms with E-state index in [9.17, 15) is 9.59 Å². The molecule has 140 valence electrons. The van der Waals surface area contributed by atoms with E-state index in [0.717, 1.165) is 0 Å². The number of imidazole rings is 1. The highest BCUT2D eigenvalue weighted by Gasteiger charge is 2.49. The van der Waals surface area contributed by atoms with E-state index in [1.807, 2.05) is 0 Å². The molecule has 1 saturated heterocycles. The molecule has 1 fully saturated rings. The van der Waals surface area contributed by atoms with Crippen LogP contribution in [0.15, 0.2) is 12.7 Å². The number of hydrogen-bond donors (Lipinski definition) is 1. The van der Waals surface area contributed by atoms with Crippen molar-refractivity contribution >= 4 is 35.3 Å². The van der Waals surface area contributed by atoms with Crippen molar-refractivity contribution in [3.05, 3.63) is 17.3 Å². The fourth-order valence-corrected chi connectivity index (χ4v) is 3.14. The number of carbonyl (C=O) groups excluding carboxylic acids is 2. The number of nitrogens with zero attached hydrogens (tertiary/aromatic N) is 3. The number of fused-ring (bicyclic) bond motifs is 1. The topological polar surface area (TPSA) is 118 Å². The molecule has 3 heterocycles. The Morgan fingerprint density at radius 1 is 1.31 bits per heavy atom. The summed E-state index contributed by atoms with van der Waals surface area (Å²) in [5.41, 5.74) is 1.06. The summed E-state index contributed by atoms with van der Waals surface area (Å²) < 4.78 is 23.9. The molecule has 2 aromatic rings. The van der Waals surface area contributed by atoms with Gasteiger partial charge in [0.15, 0.2) is 17.0 Å². The van der Waals surface area contributed by atoms with Gasteiger partial charge in [-0.25, -0.2) is 9.97 Å². The molecule has 4 atom stereocenters. The van der Waals surface area contributed by atoms with Crippen molar-refractivity contribution in [2.24, 2.45) is 0 Å². The fourth-order valence-electron chi connectivity index (χ4n) is 2.93. The Hall–Kier alpha value is -2.37. The van der Waals surface area contributed by atoms with Gasteiger partial charge in [0.2, 0.25) is 0 Å². The predicted molar refractivity (Wildman–Crippen MR) is 89.6 cm³/mol. The first kappa shape index (κ1) is 18.4. The average Bonchev–Trinajstić information content (AvgIpc) is 3.14. The number of carbonyl (C=O) groups is 2. The van der Waals surface area contributed by atoms with Crippen LogP contribution in [0.25, 0.3) is 11.2 Å². The molecule has 1 N–H and O–H groups in total. The fraction of sp³-hybridized carbons (Fsp3) is 0.533. The van der Waals surface area contributed by atoms with Gasteiger partial charge in [-0.3, -0.25) is 14.2 Å². The molecule has 0 spiro atoms. The zero-order valence-electron chi connectivity index (χ0n) is 14.4. The minimum atomic E-state index is -0.773. The number of hydrogen-bond acceptors (Lipinski definition) is 9. The maximum atomic E-state index is 11.6. The highest BCUT2D eigenvalue weighted by Crippen LogP contribution is 2.35. The van der Waals surface area contributed by atoms with Crippen LogP contribution in [0, 0.1) is 4.64 Å². The van der Waals surface area contributed by atoms with Crippen LogP contribution in [0.5, 0.6) is 0 Å². The molecule has 1 aliphatic rings. The molecule has 0 radical (unpaired) electrons. The van der Waals surface area contributed by atoms with E-state index in [2.05, 4.69) is 15.0 Å². The first-order valence-electron chi connectivity index (χ1n) is 7.81. The molecular formula is C15H18N4O6S. The van der Waals surface area contributed by atoms with Gasteiger partial charge in [-0.05, 0) is 0 Å². The van der Waals surface area contributed by atoms with Crippen LogP contribution >= 0.6 is 12.2 Å². The summed E-state index contributed by atoms with van der Waals surface area (Å²) in [4.78, 5) is 33.9. The Labute approximate surface area is 153 Å². The predicted octanol–water partition coefficient (Wildman–Crippen LogP) is 0.896. The van der Waals surface area contributed by atoms with E-state index in [1.54, 1.807) is 4.57 Å². The lowest BCUT2D eigenvalue weighted by Gasteiger charge is -2.23. The second kappa shape index (κ2) is 7.48. The Balaban J connectivity index is 1.99. The summed E-state index contributed by atoms with van der Waals surface area (Å²) in [5.74, 6) is -0.933. The summed E-state index contributed by atoms with van der Waals surface area (Å²) in [6.07, 6.45) is 0.183. The number of H-pyrrole nitrogens is 1. The molecule has 26 heavy (non-hydrogen) atoms. The number of aromatic amines is 1. The van der Waals surface area contributed by atoms with Gasteiger partial charge < -0.3 is 23.9 Å². The van der Waals surface area contributed by atoms with Crippen molar-refractivity contribution in [2.45, 2.75) is 38.4 Å². The molecule has 0 aromatic carbocycles. The lowest BCUT2D eigenvalue weighted by Crippen LogP contribution is -2.38. The average molecular weight is 382 g/mol. The van der Waals surface area contributed by atoms with Gasteiger partial charge in [-0.15, -0.1) is 0 Å². The number of methoxy groups -OCH3 is 1. The smallest absolute Gasteiger partial charge is 0.303 e. The Morgan fingerprint density at radius 2 is 2.08 bits per heavy atom. The lowest BCUT2D eigenvalue weighted by molar-refractivity contribution is -0.156. The SMILES string of the molecule is CO[C@H]1[C@H](OC(C)=O)[C@H](n2cnc3c(=S)nc[nH]c32)O[C@H]1COC(C)=O. The second-order valence-electron chi connectivity index (χ2n) is 5.70. The summed E-state index contributed by atoms with van der Waals surface area (Å²) in [6, 6.07) is 0. The summed E-state index contributed by atoms with van der Waals surface area (Å²) in [6.45, 7) is 2.56. The molecule has 1 aliphatic heterocycles. The van der Waals surface area contributed by atoms with Gasteiger partial charge in [0.25, 0.3) is 0 Å². The number of esters is 2. The Bertz CT molecular complexity index is 880. The molecule has 10 nitrogen and oxygen atoms in total. The van der Waals surface area contributed by atoms with Crippen LogP contribution in [-0.4, -0.2) is 63.5 Å². The van der Waals surface area contributed by atoms with Crippen LogP contribution in [0.3, 0.4) is 0 Å². The molecule has 11 heteroatoms. The molecule has 2 aromatic heterocycles. The quantitative estimate of drug-likeness (QED) is 0.594. The molecule has 0 saturated carbocycles. The van der Waals surface area contributed by atoms with Crippen molar-refractivity contribution in [3.8, 4) is 0 Å². The van der Waals surface area contributed by atoms with E-state index in [-0.39, 0.29) is 6.61 Å². The number of rotatable bonds is 5. The maximum absolute atomic E-state index is 11.6. The van der Waals surface area contributed by atoms with Crippen LogP contribution in [-0.2, 0) is 28.5 Å². The minimum absolute atomic E-state index is 0.0354. The monoisotopic (exact) mass is 382 g/mol. The van der Waals surface area contributed by atoms with Crippen molar-refractivity contribution in [2.75, 3.05) is 13.7 Å². The third-order valence-electron chi connectivity index (χ3n) is 3.96. The molecule has 0 bridgehead atoms. The third kappa shape index (κ3) is 3.45. The van der Waals surface area contributed by atoms with Gasteiger partial charge in [-0.1, -0.05) is 12.2 Å². The van der Waals surface area contributed by atoms with Crippen LogP contribution in [0.4, 0.5) is 0 Å². The van der Waals surface area contributed by atoms with Crippen LogP contribution in [0.1, 0.15) is 20.1 Å². The standard InChI is InChI=1S/C15H18N4O6S/c1-7(20)23-4-9-11(22-3)12(24-8(2)21)15(25-9)19-6-18-10-13(19)16-5-17-14(10)26/h5-6,9,11-12,15H,4H2,1-3H3,(H,16,17,26)/t9-,11+,12-,15+/m0/s1.